The van der Waals surface area contributed by atoms with Gasteiger partial charge >= 0.3 is 0 Å². The highest BCUT2D eigenvalue weighted by molar-refractivity contribution is 5.96. The standard InChI is InChI=1S/C15H22N2O2/c1-3-19-8-4-5-15(18)17-7-6-12-9-11(2)13(16)10-14(12)17/h9-10H,3-8,16H2,1-2H3. The average molecular weight is 262 g/mol. The molecule has 1 aromatic carbocycles. The summed E-state index contributed by atoms with van der Waals surface area (Å²) in [4.78, 5) is 14.1. The van der Waals surface area contributed by atoms with E-state index in [4.69, 9.17) is 10.5 Å². The maximum Gasteiger partial charge on any atom is 0.227 e. The van der Waals surface area contributed by atoms with E-state index >= 15 is 0 Å². The second kappa shape index (κ2) is 6.06. The van der Waals surface area contributed by atoms with Crippen molar-refractivity contribution in [1.82, 2.24) is 0 Å². The summed E-state index contributed by atoms with van der Waals surface area (Å²) in [6.45, 7) is 6.09. The first-order valence-corrected chi connectivity index (χ1v) is 6.90. The van der Waals surface area contributed by atoms with Crippen LogP contribution in [-0.2, 0) is 16.0 Å². The van der Waals surface area contributed by atoms with Crippen molar-refractivity contribution < 1.29 is 9.53 Å². The molecule has 0 aliphatic carbocycles. The lowest BCUT2D eigenvalue weighted by Gasteiger charge is -2.18. The van der Waals surface area contributed by atoms with Crippen molar-refractivity contribution in [2.75, 3.05) is 30.4 Å². The van der Waals surface area contributed by atoms with Crippen molar-refractivity contribution in [1.29, 1.82) is 0 Å². The Morgan fingerprint density at radius 2 is 2.26 bits per heavy atom. The number of nitrogens with two attached hydrogens (primary N) is 1. The summed E-state index contributed by atoms with van der Waals surface area (Å²) in [5.74, 6) is 0.168. The molecule has 1 heterocycles. The summed E-state index contributed by atoms with van der Waals surface area (Å²) in [5, 5.41) is 0. The van der Waals surface area contributed by atoms with Gasteiger partial charge in [0.25, 0.3) is 0 Å². The molecule has 0 atom stereocenters. The fourth-order valence-corrected chi connectivity index (χ4v) is 2.44. The number of ether oxygens (including phenoxy) is 1. The zero-order chi connectivity index (χ0) is 13.8. The highest BCUT2D eigenvalue weighted by atomic mass is 16.5. The SMILES string of the molecule is CCOCCCC(=O)N1CCc2cc(C)c(N)cc21. The van der Waals surface area contributed by atoms with Crippen molar-refractivity contribution in [3.63, 3.8) is 0 Å². The monoisotopic (exact) mass is 262 g/mol. The second-order valence-electron chi connectivity index (χ2n) is 4.93. The van der Waals surface area contributed by atoms with Crippen molar-refractivity contribution in [3.8, 4) is 0 Å². The molecular formula is C15H22N2O2. The van der Waals surface area contributed by atoms with Gasteiger partial charge < -0.3 is 15.4 Å². The Morgan fingerprint density at radius 3 is 3.00 bits per heavy atom. The Bertz CT molecular complexity index is 471. The van der Waals surface area contributed by atoms with E-state index in [2.05, 4.69) is 6.07 Å². The number of nitrogens with zero attached hydrogens (tertiary/aromatic N) is 1. The molecule has 0 radical (unpaired) electrons. The molecule has 2 N–H and O–H groups in total. The molecule has 104 valence electrons. The van der Waals surface area contributed by atoms with E-state index in [-0.39, 0.29) is 5.91 Å². The molecule has 0 spiro atoms. The van der Waals surface area contributed by atoms with Gasteiger partial charge in [-0.1, -0.05) is 6.07 Å². The van der Waals surface area contributed by atoms with E-state index in [1.165, 1.54) is 5.56 Å². The first-order chi connectivity index (χ1) is 9.13. The molecule has 1 aromatic rings. The zero-order valence-electron chi connectivity index (χ0n) is 11.7. The van der Waals surface area contributed by atoms with Crippen LogP contribution in [0.15, 0.2) is 12.1 Å². The number of hydrogen-bond donors (Lipinski definition) is 1. The summed E-state index contributed by atoms with van der Waals surface area (Å²) in [6, 6.07) is 4.02. The second-order valence-corrected chi connectivity index (χ2v) is 4.93. The summed E-state index contributed by atoms with van der Waals surface area (Å²) in [7, 11) is 0. The lowest BCUT2D eigenvalue weighted by atomic mass is 10.1. The van der Waals surface area contributed by atoms with Crippen LogP contribution in [0, 0.1) is 6.92 Å². The summed E-state index contributed by atoms with van der Waals surface area (Å²) in [5.41, 5.74) is 10.00. The van der Waals surface area contributed by atoms with Crippen LogP contribution < -0.4 is 10.6 Å². The van der Waals surface area contributed by atoms with Gasteiger partial charge in [0.15, 0.2) is 0 Å². The lowest BCUT2D eigenvalue weighted by molar-refractivity contribution is -0.118. The molecule has 0 unspecified atom stereocenters. The van der Waals surface area contributed by atoms with Gasteiger partial charge in [0.2, 0.25) is 5.91 Å². The molecular weight excluding hydrogens is 240 g/mol. The largest absolute Gasteiger partial charge is 0.398 e. The van der Waals surface area contributed by atoms with Crippen LogP contribution in [0.1, 0.15) is 30.9 Å². The van der Waals surface area contributed by atoms with Gasteiger partial charge in [-0.3, -0.25) is 4.79 Å². The molecule has 2 rings (SSSR count). The number of hydrogen-bond acceptors (Lipinski definition) is 3. The van der Waals surface area contributed by atoms with Crippen LogP contribution in [0.4, 0.5) is 11.4 Å². The Hall–Kier alpha value is -1.55. The van der Waals surface area contributed by atoms with Crippen LogP contribution in [0.25, 0.3) is 0 Å². The number of anilines is 2. The predicted octanol–water partition coefficient (Wildman–Crippen LogP) is 2.28. The third-order valence-corrected chi connectivity index (χ3v) is 3.55. The number of nitrogen functional groups attached to an aromatic ring is 1. The van der Waals surface area contributed by atoms with E-state index in [1.54, 1.807) is 0 Å². The minimum atomic E-state index is 0.168. The van der Waals surface area contributed by atoms with Crippen molar-refractivity contribution in [2.24, 2.45) is 0 Å². The summed E-state index contributed by atoms with van der Waals surface area (Å²) in [6.07, 6.45) is 2.24. The Kier molecular flexibility index (Phi) is 4.43. The van der Waals surface area contributed by atoms with E-state index in [0.717, 1.165) is 36.3 Å². The number of carbonyl (C=O) groups excluding carboxylic acids is 1. The molecule has 4 heteroatoms. The number of benzene rings is 1. The maximum atomic E-state index is 12.2. The Labute approximate surface area is 114 Å². The third-order valence-electron chi connectivity index (χ3n) is 3.55. The van der Waals surface area contributed by atoms with E-state index in [9.17, 15) is 4.79 Å². The molecule has 0 saturated heterocycles. The first-order valence-electron chi connectivity index (χ1n) is 6.90. The topological polar surface area (TPSA) is 55.6 Å². The van der Waals surface area contributed by atoms with E-state index < -0.39 is 0 Å². The number of carbonyl (C=O) groups is 1. The lowest BCUT2D eigenvalue weighted by Crippen LogP contribution is -2.28. The first kappa shape index (κ1) is 13.9. The van der Waals surface area contributed by atoms with Crippen LogP contribution in [0.3, 0.4) is 0 Å². The molecule has 1 aliphatic heterocycles. The van der Waals surface area contributed by atoms with Gasteiger partial charge in [-0.05, 0) is 43.9 Å². The van der Waals surface area contributed by atoms with Crippen LogP contribution >= 0.6 is 0 Å². The maximum absolute atomic E-state index is 12.2. The smallest absolute Gasteiger partial charge is 0.227 e. The van der Waals surface area contributed by atoms with Gasteiger partial charge in [-0.25, -0.2) is 0 Å². The molecule has 0 fully saturated rings. The molecule has 0 aromatic heterocycles. The van der Waals surface area contributed by atoms with Gasteiger partial charge in [0.1, 0.15) is 0 Å². The Morgan fingerprint density at radius 1 is 1.47 bits per heavy atom. The summed E-state index contributed by atoms with van der Waals surface area (Å²) < 4.78 is 5.26. The van der Waals surface area contributed by atoms with Crippen LogP contribution in [0.5, 0.6) is 0 Å². The molecule has 1 aliphatic rings. The molecule has 0 bridgehead atoms. The van der Waals surface area contributed by atoms with Gasteiger partial charge in [0.05, 0.1) is 0 Å². The quantitative estimate of drug-likeness (QED) is 0.654. The fourth-order valence-electron chi connectivity index (χ4n) is 2.44. The molecule has 19 heavy (non-hydrogen) atoms. The van der Waals surface area contributed by atoms with Gasteiger partial charge in [0, 0.05) is 37.6 Å². The molecule has 0 saturated carbocycles. The normalized spacial score (nSPS) is 13.7. The van der Waals surface area contributed by atoms with E-state index in [1.807, 2.05) is 24.8 Å². The Balaban J connectivity index is 2.01. The highest BCUT2D eigenvalue weighted by Gasteiger charge is 2.24. The number of amides is 1. The molecule has 1 amide bonds. The van der Waals surface area contributed by atoms with E-state index in [0.29, 0.717) is 19.6 Å². The number of rotatable bonds is 5. The highest BCUT2D eigenvalue weighted by Crippen LogP contribution is 2.32. The van der Waals surface area contributed by atoms with Crippen molar-refractivity contribution >= 4 is 17.3 Å². The third kappa shape index (κ3) is 3.07. The van der Waals surface area contributed by atoms with Crippen LogP contribution in [0.2, 0.25) is 0 Å². The van der Waals surface area contributed by atoms with Gasteiger partial charge in [-0.2, -0.15) is 0 Å². The number of aryl methyl sites for hydroxylation is 1. The fraction of sp³-hybridized carbons (Fsp3) is 0.533. The minimum Gasteiger partial charge on any atom is -0.398 e. The minimum absolute atomic E-state index is 0.168. The average Bonchev–Trinajstić information content (AvgIpc) is 2.78. The van der Waals surface area contributed by atoms with Crippen molar-refractivity contribution in [3.05, 3.63) is 23.3 Å². The number of fused-ring (bicyclic) bond motifs is 1. The predicted molar refractivity (Wildman–Crippen MR) is 77.4 cm³/mol. The van der Waals surface area contributed by atoms with Gasteiger partial charge in [-0.15, -0.1) is 0 Å². The van der Waals surface area contributed by atoms with Crippen LogP contribution in [-0.4, -0.2) is 25.7 Å². The van der Waals surface area contributed by atoms with Crippen molar-refractivity contribution in [2.45, 2.75) is 33.1 Å². The molecule has 4 nitrogen and oxygen atoms in total. The summed E-state index contributed by atoms with van der Waals surface area (Å²) >= 11 is 0. The zero-order valence-corrected chi connectivity index (χ0v) is 11.7.